The smallest absolute Gasteiger partial charge is 0.220 e. The van der Waals surface area contributed by atoms with Gasteiger partial charge < -0.3 is 15.7 Å². The van der Waals surface area contributed by atoms with Gasteiger partial charge in [-0.2, -0.15) is 0 Å². The fraction of sp³-hybridized carbons (Fsp3) is 0.286. The Kier molecular flexibility index (Phi) is 7.12. The molecule has 2 aliphatic carbocycles. The first-order chi connectivity index (χ1) is 19.9. The number of nitrogens with one attached hydrogen (secondary N) is 2. The first kappa shape index (κ1) is 26.7. The van der Waals surface area contributed by atoms with E-state index in [1.165, 1.54) is 22.3 Å². The van der Waals surface area contributed by atoms with Crippen molar-refractivity contribution in [3.63, 3.8) is 0 Å². The van der Waals surface area contributed by atoms with Crippen molar-refractivity contribution in [2.45, 2.75) is 56.7 Å². The maximum atomic E-state index is 11.5. The first-order valence-electron chi connectivity index (χ1n) is 14.5. The van der Waals surface area contributed by atoms with Crippen molar-refractivity contribution in [3.05, 3.63) is 105 Å². The standard InChI is InChI=1S/C35H32Cl2N2O2/c36-34-29(22-9-7-20-15-27(16-24(20)13-22)38-19-26-11-12-33(41)39-26)3-1-5-31(34)32-6-2-4-30(35(32)37)23-10-8-21-17-28(40)18-25(21)14-23/h1-10,13-14,26-28,38,40H,11-12,15-19H2,(H,39,41)/t26-,27?,28?/m0/s1. The average Bonchev–Trinajstić information content (AvgIpc) is 3.68. The Bertz CT molecular complexity index is 1670. The highest BCUT2D eigenvalue weighted by Crippen LogP contribution is 2.43. The van der Waals surface area contributed by atoms with Gasteiger partial charge in [0.1, 0.15) is 0 Å². The number of benzene rings is 4. The number of halogens is 2. The number of aliphatic hydroxyl groups is 1. The van der Waals surface area contributed by atoms with Crippen LogP contribution in [0.1, 0.15) is 35.1 Å². The van der Waals surface area contributed by atoms with Crippen molar-refractivity contribution >= 4 is 29.1 Å². The van der Waals surface area contributed by atoms with Gasteiger partial charge in [0.25, 0.3) is 0 Å². The zero-order valence-electron chi connectivity index (χ0n) is 22.7. The van der Waals surface area contributed by atoms with Gasteiger partial charge in [-0.15, -0.1) is 0 Å². The van der Waals surface area contributed by atoms with Crippen molar-refractivity contribution in [1.29, 1.82) is 0 Å². The number of rotatable bonds is 6. The van der Waals surface area contributed by atoms with Gasteiger partial charge >= 0.3 is 0 Å². The summed E-state index contributed by atoms with van der Waals surface area (Å²) in [5.74, 6) is 0.159. The molecule has 3 aliphatic rings. The van der Waals surface area contributed by atoms with E-state index < -0.39 is 0 Å². The minimum absolute atomic E-state index is 0.159. The molecule has 1 saturated heterocycles. The second-order valence-corrected chi connectivity index (χ2v) is 12.4. The third-order valence-corrected chi connectivity index (χ3v) is 9.72. The highest BCUT2D eigenvalue weighted by molar-refractivity contribution is 6.39. The molecule has 7 rings (SSSR count). The highest BCUT2D eigenvalue weighted by atomic mass is 35.5. The Balaban J connectivity index is 1.14. The highest BCUT2D eigenvalue weighted by Gasteiger charge is 2.26. The zero-order valence-corrected chi connectivity index (χ0v) is 24.2. The number of carbonyl (C=O) groups excluding carboxylic acids is 1. The molecule has 3 N–H and O–H groups in total. The third-order valence-electron chi connectivity index (χ3n) is 8.90. The number of carbonyl (C=O) groups is 1. The molecule has 1 heterocycles. The van der Waals surface area contributed by atoms with Crippen LogP contribution in [0.4, 0.5) is 0 Å². The summed E-state index contributed by atoms with van der Waals surface area (Å²) in [5.41, 5.74) is 11.0. The molecule has 0 bridgehead atoms. The summed E-state index contributed by atoms with van der Waals surface area (Å²) in [7, 11) is 0. The number of hydrogen-bond acceptors (Lipinski definition) is 3. The summed E-state index contributed by atoms with van der Waals surface area (Å²) in [6.07, 6.45) is 4.60. The summed E-state index contributed by atoms with van der Waals surface area (Å²) in [5, 5.41) is 18.2. The van der Waals surface area contributed by atoms with Crippen LogP contribution in [0.2, 0.25) is 10.0 Å². The van der Waals surface area contributed by atoms with E-state index in [0.717, 1.165) is 59.2 Å². The Morgan fingerprint density at radius 1 is 0.732 bits per heavy atom. The third kappa shape index (κ3) is 5.19. The van der Waals surface area contributed by atoms with Crippen molar-refractivity contribution in [2.75, 3.05) is 6.54 Å². The molecular formula is C35H32Cl2N2O2. The van der Waals surface area contributed by atoms with Crippen LogP contribution in [0.25, 0.3) is 33.4 Å². The van der Waals surface area contributed by atoms with E-state index in [-0.39, 0.29) is 18.1 Å². The van der Waals surface area contributed by atoms with Gasteiger partial charge in [-0.25, -0.2) is 0 Å². The van der Waals surface area contributed by atoms with E-state index in [2.05, 4.69) is 53.1 Å². The molecule has 2 unspecified atom stereocenters. The molecule has 0 radical (unpaired) electrons. The maximum absolute atomic E-state index is 11.5. The lowest BCUT2D eigenvalue weighted by molar-refractivity contribution is -0.119. The number of hydrogen-bond donors (Lipinski definition) is 3. The molecule has 4 aromatic carbocycles. The monoisotopic (exact) mass is 582 g/mol. The molecule has 0 spiro atoms. The molecule has 4 aromatic rings. The molecule has 41 heavy (non-hydrogen) atoms. The predicted octanol–water partition coefficient (Wildman–Crippen LogP) is 6.79. The molecule has 1 amide bonds. The normalized spacial score (nSPS) is 21.1. The van der Waals surface area contributed by atoms with E-state index in [9.17, 15) is 9.90 Å². The summed E-state index contributed by atoms with van der Waals surface area (Å²) < 4.78 is 0. The Morgan fingerprint density at radius 3 is 1.88 bits per heavy atom. The van der Waals surface area contributed by atoms with Crippen LogP contribution in [0.5, 0.6) is 0 Å². The van der Waals surface area contributed by atoms with Crippen LogP contribution in [0.15, 0.2) is 72.8 Å². The lowest BCUT2D eigenvalue weighted by Gasteiger charge is -2.16. The predicted molar refractivity (Wildman–Crippen MR) is 167 cm³/mol. The summed E-state index contributed by atoms with van der Waals surface area (Å²) >= 11 is 14.2. The molecule has 0 saturated carbocycles. The maximum Gasteiger partial charge on any atom is 0.220 e. The Labute approximate surface area is 250 Å². The lowest BCUT2D eigenvalue weighted by atomic mass is 9.94. The van der Waals surface area contributed by atoms with Crippen LogP contribution in [-0.2, 0) is 30.5 Å². The van der Waals surface area contributed by atoms with E-state index in [0.29, 0.717) is 35.3 Å². The second-order valence-electron chi connectivity index (χ2n) is 11.7. The fourth-order valence-electron chi connectivity index (χ4n) is 6.76. The van der Waals surface area contributed by atoms with Gasteiger partial charge in [0, 0.05) is 47.3 Å². The number of aliphatic hydroxyl groups excluding tert-OH is 1. The molecule has 4 nitrogen and oxygen atoms in total. The van der Waals surface area contributed by atoms with Crippen LogP contribution in [0, 0.1) is 0 Å². The quantitative estimate of drug-likeness (QED) is 0.234. The van der Waals surface area contributed by atoms with Gasteiger partial charge in [0.2, 0.25) is 5.91 Å². The molecule has 1 fully saturated rings. The van der Waals surface area contributed by atoms with Gasteiger partial charge in [-0.1, -0.05) is 96.0 Å². The SMILES string of the molecule is O=C1CC[C@@H](CNC2Cc3ccc(-c4cccc(-c5cccc(-c6ccc7c(c6)CC(O)C7)c5Cl)c4Cl)cc3C2)N1. The summed E-state index contributed by atoms with van der Waals surface area (Å²) in [6.45, 7) is 0.818. The second kappa shape index (κ2) is 10.9. The van der Waals surface area contributed by atoms with Crippen LogP contribution < -0.4 is 10.6 Å². The number of amides is 1. The van der Waals surface area contributed by atoms with Gasteiger partial charge in [0.05, 0.1) is 16.1 Å². The van der Waals surface area contributed by atoms with Gasteiger partial charge in [-0.3, -0.25) is 4.79 Å². The van der Waals surface area contributed by atoms with E-state index >= 15 is 0 Å². The van der Waals surface area contributed by atoms with Gasteiger partial charge in [-0.05, 0) is 65.5 Å². The van der Waals surface area contributed by atoms with E-state index in [4.69, 9.17) is 23.2 Å². The molecule has 6 heteroatoms. The minimum atomic E-state index is -0.300. The van der Waals surface area contributed by atoms with E-state index in [1.807, 2.05) is 30.3 Å². The largest absolute Gasteiger partial charge is 0.392 e. The fourth-order valence-corrected chi connectivity index (χ4v) is 7.43. The van der Waals surface area contributed by atoms with Crippen molar-refractivity contribution in [1.82, 2.24) is 10.6 Å². The summed E-state index contributed by atoms with van der Waals surface area (Å²) in [4.78, 5) is 11.5. The first-order valence-corrected chi connectivity index (χ1v) is 15.2. The molecular weight excluding hydrogens is 551 g/mol. The molecule has 1 aliphatic heterocycles. The lowest BCUT2D eigenvalue weighted by Crippen LogP contribution is -2.40. The molecule has 208 valence electrons. The minimum Gasteiger partial charge on any atom is -0.392 e. The number of fused-ring (bicyclic) bond motifs is 2. The topological polar surface area (TPSA) is 61.4 Å². The van der Waals surface area contributed by atoms with Crippen molar-refractivity contribution in [3.8, 4) is 33.4 Å². The van der Waals surface area contributed by atoms with Crippen LogP contribution in [0.3, 0.4) is 0 Å². The van der Waals surface area contributed by atoms with Crippen LogP contribution >= 0.6 is 23.2 Å². The Hall–Kier alpha value is -3.15. The summed E-state index contributed by atoms with van der Waals surface area (Å²) in [6, 6.07) is 25.9. The van der Waals surface area contributed by atoms with Gasteiger partial charge in [0.15, 0.2) is 0 Å². The molecule has 3 atom stereocenters. The van der Waals surface area contributed by atoms with Crippen molar-refractivity contribution in [2.24, 2.45) is 0 Å². The van der Waals surface area contributed by atoms with Crippen LogP contribution in [-0.4, -0.2) is 35.7 Å². The Morgan fingerprint density at radius 2 is 1.27 bits per heavy atom. The zero-order chi connectivity index (χ0) is 28.1. The van der Waals surface area contributed by atoms with Crippen molar-refractivity contribution < 1.29 is 9.90 Å². The molecule has 0 aromatic heterocycles. The van der Waals surface area contributed by atoms with E-state index in [1.54, 1.807) is 0 Å². The average molecular weight is 584 g/mol.